The van der Waals surface area contributed by atoms with Crippen molar-refractivity contribution in [1.29, 1.82) is 0 Å². The first kappa shape index (κ1) is 20.7. The summed E-state index contributed by atoms with van der Waals surface area (Å²) in [7, 11) is 1.58. The molecule has 5 rings (SSSR count). The molecule has 0 radical (unpaired) electrons. The molecular formula is C22H16ClN5O2S2. The van der Waals surface area contributed by atoms with E-state index in [0.29, 0.717) is 43.5 Å². The van der Waals surface area contributed by atoms with E-state index in [1.807, 2.05) is 64.5 Å². The minimum Gasteiger partial charge on any atom is -0.495 e. The van der Waals surface area contributed by atoms with E-state index in [4.69, 9.17) is 16.3 Å². The van der Waals surface area contributed by atoms with E-state index >= 15 is 0 Å². The molecule has 2 aromatic carbocycles. The van der Waals surface area contributed by atoms with E-state index in [0.717, 1.165) is 11.3 Å². The molecule has 1 N–H and O–H groups in total. The van der Waals surface area contributed by atoms with Gasteiger partial charge in [-0.2, -0.15) is 0 Å². The van der Waals surface area contributed by atoms with Gasteiger partial charge in [0, 0.05) is 5.56 Å². The third kappa shape index (κ3) is 3.90. The molecule has 0 aliphatic rings. The Labute approximate surface area is 196 Å². The number of hydrogen-bond donors (Lipinski definition) is 1. The average molecular weight is 482 g/mol. The van der Waals surface area contributed by atoms with Crippen molar-refractivity contribution < 1.29 is 4.74 Å². The predicted molar refractivity (Wildman–Crippen MR) is 128 cm³/mol. The van der Waals surface area contributed by atoms with Crippen LogP contribution in [0, 0.1) is 0 Å². The van der Waals surface area contributed by atoms with Gasteiger partial charge in [-0.25, -0.2) is 4.98 Å². The summed E-state index contributed by atoms with van der Waals surface area (Å²) in [5.74, 6) is 2.28. The Morgan fingerprint density at radius 3 is 2.78 bits per heavy atom. The number of hydrogen-bond acceptors (Lipinski definition) is 7. The van der Waals surface area contributed by atoms with E-state index in [2.05, 4.69) is 20.2 Å². The van der Waals surface area contributed by atoms with Crippen molar-refractivity contribution in [3.8, 4) is 22.8 Å². The van der Waals surface area contributed by atoms with Crippen LogP contribution in [0.2, 0.25) is 5.02 Å². The van der Waals surface area contributed by atoms with Gasteiger partial charge in [0.1, 0.15) is 16.3 Å². The monoisotopic (exact) mass is 481 g/mol. The van der Waals surface area contributed by atoms with Gasteiger partial charge in [0.05, 0.1) is 29.1 Å². The van der Waals surface area contributed by atoms with Gasteiger partial charge >= 0.3 is 0 Å². The second-order valence-corrected chi connectivity index (χ2v) is 9.03. The minimum absolute atomic E-state index is 0.131. The molecule has 0 spiro atoms. The van der Waals surface area contributed by atoms with Crippen LogP contribution in [0.15, 0.2) is 69.9 Å². The summed E-state index contributed by atoms with van der Waals surface area (Å²) >= 11 is 9.21. The normalized spacial score (nSPS) is 11.2. The number of halogens is 1. The molecule has 3 aromatic heterocycles. The standard InChI is InChI=1S/C22H16ClN5O2S2/c1-30-17-8-7-14(11-15(17)23)28-20(13-5-3-2-4-6-13)26-27-22(28)32-12-18-24-16-9-10-31-19(16)21(29)25-18/h2-11H,12H2,1H3,(H,24,25,29). The van der Waals surface area contributed by atoms with Crippen LogP contribution >= 0.6 is 34.7 Å². The van der Waals surface area contributed by atoms with Crippen LogP contribution in [0.5, 0.6) is 5.75 Å². The van der Waals surface area contributed by atoms with Crippen molar-refractivity contribution in [2.24, 2.45) is 0 Å². The van der Waals surface area contributed by atoms with Gasteiger partial charge in [0.15, 0.2) is 11.0 Å². The molecule has 0 aliphatic heterocycles. The lowest BCUT2D eigenvalue weighted by Gasteiger charge is -2.12. The summed E-state index contributed by atoms with van der Waals surface area (Å²) < 4.78 is 7.85. The number of nitrogens with one attached hydrogen (secondary N) is 1. The highest BCUT2D eigenvalue weighted by Crippen LogP contribution is 2.33. The zero-order valence-electron chi connectivity index (χ0n) is 16.8. The number of rotatable bonds is 6. The molecule has 0 atom stereocenters. The lowest BCUT2D eigenvalue weighted by atomic mass is 10.2. The maximum absolute atomic E-state index is 12.3. The molecule has 7 nitrogen and oxygen atoms in total. The number of benzene rings is 2. The molecule has 0 amide bonds. The molecule has 5 aromatic rings. The first-order chi connectivity index (χ1) is 15.6. The number of thiophene rings is 1. The molecule has 0 unspecified atom stereocenters. The third-order valence-electron chi connectivity index (χ3n) is 4.76. The highest BCUT2D eigenvalue weighted by molar-refractivity contribution is 7.98. The number of nitrogens with zero attached hydrogens (tertiary/aromatic N) is 4. The lowest BCUT2D eigenvalue weighted by molar-refractivity contribution is 0.415. The van der Waals surface area contributed by atoms with Gasteiger partial charge in [0.2, 0.25) is 0 Å². The van der Waals surface area contributed by atoms with Crippen LogP contribution < -0.4 is 10.3 Å². The number of ether oxygens (including phenoxy) is 1. The number of aromatic nitrogens is 5. The zero-order valence-corrected chi connectivity index (χ0v) is 19.2. The van der Waals surface area contributed by atoms with E-state index in [9.17, 15) is 4.79 Å². The molecule has 0 bridgehead atoms. The molecule has 0 saturated heterocycles. The third-order valence-corrected chi connectivity index (χ3v) is 6.90. The maximum atomic E-state index is 12.3. The van der Waals surface area contributed by atoms with Crippen molar-refractivity contribution in [2.45, 2.75) is 10.9 Å². The van der Waals surface area contributed by atoms with Crippen LogP contribution in [0.25, 0.3) is 27.3 Å². The van der Waals surface area contributed by atoms with E-state index in [1.54, 1.807) is 7.11 Å². The number of aromatic amines is 1. The number of H-pyrrole nitrogens is 1. The minimum atomic E-state index is -0.131. The van der Waals surface area contributed by atoms with Gasteiger partial charge in [-0.15, -0.1) is 21.5 Å². The van der Waals surface area contributed by atoms with Crippen molar-refractivity contribution in [2.75, 3.05) is 7.11 Å². The highest BCUT2D eigenvalue weighted by atomic mass is 35.5. The van der Waals surface area contributed by atoms with Crippen molar-refractivity contribution in [3.63, 3.8) is 0 Å². The molecule has 10 heteroatoms. The summed E-state index contributed by atoms with van der Waals surface area (Å²) in [6.07, 6.45) is 0. The molecule has 160 valence electrons. The van der Waals surface area contributed by atoms with Gasteiger partial charge in [-0.1, -0.05) is 53.7 Å². The topological polar surface area (TPSA) is 85.7 Å². The Morgan fingerprint density at radius 1 is 1.16 bits per heavy atom. The van der Waals surface area contributed by atoms with Gasteiger partial charge in [0.25, 0.3) is 5.56 Å². The average Bonchev–Trinajstić information content (AvgIpc) is 3.45. The molecule has 3 heterocycles. The number of fused-ring (bicyclic) bond motifs is 1. The SMILES string of the molecule is COc1ccc(-n2c(SCc3nc4ccsc4c(=O)[nH]3)nnc2-c2ccccc2)cc1Cl. The van der Waals surface area contributed by atoms with E-state index in [1.165, 1.54) is 23.1 Å². The first-order valence-corrected chi connectivity index (χ1v) is 11.8. The quantitative estimate of drug-likeness (QED) is 0.336. The van der Waals surface area contributed by atoms with E-state index < -0.39 is 0 Å². The fourth-order valence-corrected chi connectivity index (χ4v) is 5.09. The van der Waals surface area contributed by atoms with Crippen LogP contribution in [0.3, 0.4) is 0 Å². The van der Waals surface area contributed by atoms with Crippen molar-refractivity contribution in [1.82, 2.24) is 24.7 Å². The van der Waals surface area contributed by atoms with Gasteiger partial charge in [-0.3, -0.25) is 9.36 Å². The van der Waals surface area contributed by atoms with Crippen molar-refractivity contribution in [3.05, 3.63) is 81.2 Å². The van der Waals surface area contributed by atoms with E-state index in [-0.39, 0.29) is 5.56 Å². The Morgan fingerprint density at radius 2 is 2.00 bits per heavy atom. The molecule has 0 fully saturated rings. The maximum Gasteiger partial charge on any atom is 0.268 e. The Balaban J connectivity index is 1.55. The van der Waals surface area contributed by atoms with Gasteiger partial charge < -0.3 is 9.72 Å². The largest absolute Gasteiger partial charge is 0.495 e. The highest BCUT2D eigenvalue weighted by Gasteiger charge is 2.18. The van der Waals surface area contributed by atoms with Crippen LogP contribution in [0.4, 0.5) is 0 Å². The summed E-state index contributed by atoms with van der Waals surface area (Å²) in [6.45, 7) is 0. The molecule has 32 heavy (non-hydrogen) atoms. The predicted octanol–water partition coefficient (Wildman–Crippen LogP) is 5.19. The first-order valence-electron chi connectivity index (χ1n) is 9.58. The second-order valence-electron chi connectivity index (χ2n) is 6.76. The summed E-state index contributed by atoms with van der Waals surface area (Å²) in [5, 5.41) is 11.8. The second kappa shape index (κ2) is 8.78. The lowest BCUT2D eigenvalue weighted by Crippen LogP contribution is -2.09. The van der Waals surface area contributed by atoms with Crippen LogP contribution in [0.1, 0.15) is 5.82 Å². The molecule has 0 aliphatic carbocycles. The summed E-state index contributed by atoms with van der Waals surface area (Å²) in [5.41, 5.74) is 2.29. The summed E-state index contributed by atoms with van der Waals surface area (Å²) in [6, 6.07) is 17.2. The molecular weight excluding hydrogens is 466 g/mol. The smallest absolute Gasteiger partial charge is 0.268 e. The zero-order chi connectivity index (χ0) is 22.1. The van der Waals surface area contributed by atoms with Crippen LogP contribution in [-0.4, -0.2) is 31.8 Å². The van der Waals surface area contributed by atoms with Crippen molar-refractivity contribution >= 4 is 44.9 Å². The Hall–Kier alpha value is -3.14. The van der Waals surface area contributed by atoms with Crippen LogP contribution in [-0.2, 0) is 5.75 Å². The van der Waals surface area contributed by atoms with Gasteiger partial charge in [-0.05, 0) is 29.6 Å². The fourth-order valence-electron chi connectivity index (χ4n) is 3.29. The molecule has 0 saturated carbocycles. The summed E-state index contributed by atoms with van der Waals surface area (Å²) in [4.78, 5) is 19.7. The Bertz CT molecular complexity index is 1460. The Kier molecular flexibility index (Phi) is 5.69. The number of methoxy groups -OCH3 is 1. The number of thioether (sulfide) groups is 1. The fraction of sp³-hybridized carbons (Fsp3) is 0.0909.